The smallest absolute Gasteiger partial charge is 0.322 e. The number of morpholine rings is 1. The summed E-state index contributed by atoms with van der Waals surface area (Å²) in [6.45, 7) is 0.914. The number of rotatable bonds is 3. The normalized spacial score (nSPS) is 18.6. The van der Waals surface area contributed by atoms with Crippen molar-refractivity contribution in [3.05, 3.63) is 30.1 Å². The molecule has 0 aliphatic carbocycles. The average molecular weight is 282 g/mol. The van der Waals surface area contributed by atoms with E-state index in [1.54, 1.807) is 0 Å². The van der Waals surface area contributed by atoms with Crippen LogP contribution in [0.25, 0.3) is 0 Å². The van der Waals surface area contributed by atoms with Crippen LogP contribution in [0.3, 0.4) is 0 Å². The number of nitrogens with zero attached hydrogens (tertiary/aromatic N) is 1. The van der Waals surface area contributed by atoms with Crippen LogP contribution in [0.4, 0.5) is 14.9 Å². The van der Waals surface area contributed by atoms with Gasteiger partial charge in [0.25, 0.3) is 0 Å². The van der Waals surface area contributed by atoms with E-state index in [0.29, 0.717) is 18.8 Å². The van der Waals surface area contributed by atoms with Crippen molar-refractivity contribution in [1.82, 2.24) is 4.90 Å². The molecule has 2 rings (SSSR count). The number of urea groups is 1. The van der Waals surface area contributed by atoms with Gasteiger partial charge in [-0.3, -0.25) is 4.79 Å². The molecular weight excluding hydrogens is 267 g/mol. The second-order valence-electron chi connectivity index (χ2n) is 4.47. The summed E-state index contributed by atoms with van der Waals surface area (Å²) in [6, 6.07) is 5.07. The van der Waals surface area contributed by atoms with Crippen molar-refractivity contribution >= 4 is 17.7 Å². The number of carbonyl (C=O) groups excluding carboxylic acids is 1. The van der Waals surface area contributed by atoms with Crippen molar-refractivity contribution in [3.63, 3.8) is 0 Å². The summed E-state index contributed by atoms with van der Waals surface area (Å²) in [5, 5.41) is 11.3. The number of hydrogen-bond donors (Lipinski definition) is 2. The summed E-state index contributed by atoms with van der Waals surface area (Å²) in [5.74, 6) is -1.34. The van der Waals surface area contributed by atoms with Gasteiger partial charge >= 0.3 is 12.0 Å². The fourth-order valence-electron chi connectivity index (χ4n) is 1.96. The molecule has 6 nitrogen and oxygen atoms in total. The largest absolute Gasteiger partial charge is 0.481 e. The highest BCUT2D eigenvalue weighted by Crippen LogP contribution is 2.13. The summed E-state index contributed by atoms with van der Waals surface area (Å²) in [6.07, 6.45) is -0.638. The molecule has 2 N–H and O–H groups in total. The Kier molecular flexibility index (Phi) is 4.52. The van der Waals surface area contributed by atoms with Gasteiger partial charge < -0.3 is 20.1 Å². The molecule has 0 spiro atoms. The first-order chi connectivity index (χ1) is 9.54. The fraction of sp³-hybridized carbons (Fsp3) is 0.385. The zero-order chi connectivity index (χ0) is 14.5. The van der Waals surface area contributed by atoms with Crippen LogP contribution >= 0.6 is 0 Å². The van der Waals surface area contributed by atoms with E-state index in [0.717, 1.165) is 0 Å². The lowest BCUT2D eigenvalue weighted by Gasteiger charge is -2.32. The molecule has 0 bridgehead atoms. The molecule has 1 fully saturated rings. The van der Waals surface area contributed by atoms with Gasteiger partial charge in [0, 0.05) is 18.8 Å². The number of halogens is 1. The first-order valence-corrected chi connectivity index (χ1v) is 6.19. The van der Waals surface area contributed by atoms with Crippen LogP contribution in [0, 0.1) is 5.82 Å². The third-order valence-electron chi connectivity index (χ3n) is 2.92. The zero-order valence-corrected chi connectivity index (χ0v) is 10.7. The molecule has 1 aromatic rings. The van der Waals surface area contributed by atoms with E-state index < -0.39 is 12.1 Å². The van der Waals surface area contributed by atoms with Gasteiger partial charge in [0.05, 0.1) is 19.1 Å². The minimum atomic E-state index is -0.962. The molecule has 1 atom stereocenters. The molecule has 1 unspecified atom stereocenters. The Morgan fingerprint density at radius 2 is 2.10 bits per heavy atom. The topological polar surface area (TPSA) is 78.9 Å². The molecule has 7 heteroatoms. The Hall–Kier alpha value is -2.15. The van der Waals surface area contributed by atoms with Crippen LogP contribution in [-0.2, 0) is 9.53 Å². The number of benzene rings is 1. The van der Waals surface area contributed by atoms with Crippen LogP contribution < -0.4 is 5.32 Å². The van der Waals surface area contributed by atoms with Crippen LogP contribution in [0.15, 0.2) is 24.3 Å². The molecule has 1 aromatic carbocycles. The molecule has 1 aliphatic rings. The molecule has 1 aliphatic heterocycles. The lowest BCUT2D eigenvalue weighted by Crippen LogP contribution is -2.47. The summed E-state index contributed by atoms with van der Waals surface area (Å²) < 4.78 is 18.0. The molecule has 108 valence electrons. The van der Waals surface area contributed by atoms with Gasteiger partial charge in [-0.1, -0.05) is 0 Å². The Labute approximate surface area is 115 Å². The van der Waals surface area contributed by atoms with Crippen molar-refractivity contribution in [2.45, 2.75) is 12.5 Å². The van der Waals surface area contributed by atoms with Gasteiger partial charge in [0.1, 0.15) is 5.82 Å². The van der Waals surface area contributed by atoms with Crippen molar-refractivity contribution in [3.8, 4) is 0 Å². The van der Waals surface area contributed by atoms with Crippen molar-refractivity contribution in [1.29, 1.82) is 0 Å². The zero-order valence-electron chi connectivity index (χ0n) is 10.7. The maximum atomic E-state index is 12.8. The minimum Gasteiger partial charge on any atom is -0.481 e. The molecule has 1 heterocycles. The minimum absolute atomic E-state index is 0.139. The number of amides is 2. The maximum Gasteiger partial charge on any atom is 0.322 e. The van der Waals surface area contributed by atoms with Crippen molar-refractivity contribution in [2.75, 3.05) is 25.0 Å². The monoisotopic (exact) mass is 282 g/mol. The standard InChI is InChI=1S/C13H15FN2O4/c14-9-1-3-10(4-2-9)15-13(19)16-5-6-20-11(8-16)7-12(17)18/h1-4,11H,5-8H2,(H,15,19)(H,17,18). The lowest BCUT2D eigenvalue weighted by atomic mass is 10.2. The Bertz CT molecular complexity index is 492. The summed E-state index contributed by atoms with van der Waals surface area (Å²) >= 11 is 0. The Morgan fingerprint density at radius 3 is 2.75 bits per heavy atom. The molecule has 2 amide bonds. The van der Waals surface area contributed by atoms with E-state index in [1.807, 2.05) is 0 Å². The van der Waals surface area contributed by atoms with Crippen molar-refractivity contribution in [2.24, 2.45) is 0 Å². The number of carboxylic acids is 1. The number of anilines is 1. The average Bonchev–Trinajstić information content (AvgIpc) is 2.41. The van der Waals surface area contributed by atoms with Gasteiger partial charge in [0.2, 0.25) is 0 Å². The van der Waals surface area contributed by atoms with Gasteiger partial charge in [-0.25, -0.2) is 9.18 Å². The molecular formula is C13H15FN2O4. The molecule has 0 radical (unpaired) electrons. The second-order valence-corrected chi connectivity index (χ2v) is 4.47. The van der Waals surface area contributed by atoms with E-state index in [4.69, 9.17) is 9.84 Å². The number of aliphatic carboxylic acids is 1. The first kappa shape index (κ1) is 14.3. The number of hydrogen-bond acceptors (Lipinski definition) is 3. The quantitative estimate of drug-likeness (QED) is 0.881. The third-order valence-corrected chi connectivity index (χ3v) is 2.92. The molecule has 20 heavy (non-hydrogen) atoms. The fourth-order valence-corrected chi connectivity index (χ4v) is 1.96. The van der Waals surface area contributed by atoms with Crippen LogP contribution in [0.1, 0.15) is 6.42 Å². The predicted molar refractivity (Wildman–Crippen MR) is 69.0 cm³/mol. The van der Waals surface area contributed by atoms with Crippen LogP contribution in [-0.4, -0.2) is 47.8 Å². The van der Waals surface area contributed by atoms with E-state index in [9.17, 15) is 14.0 Å². The molecule has 0 aromatic heterocycles. The Morgan fingerprint density at radius 1 is 1.40 bits per heavy atom. The summed E-state index contributed by atoms with van der Waals surface area (Å²) in [4.78, 5) is 24.1. The highest BCUT2D eigenvalue weighted by molar-refractivity contribution is 5.89. The maximum absolute atomic E-state index is 12.8. The van der Waals surface area contributed by atoms with E-state index in [2.05, 4.69) is 5.32 Å². The first-order valence-electron chi connectivity index (χ1n) is 6.19. The van der Waals surface area contributed by atoms with Gasteiger partial charge in [0.15, 0.2) is 0 Å². The molecule has 0 saturated carbocycles. The number of ether oxygens (including phenoxy) is 1. The predicted octanol–water partition coefficient (Wildman–Crippen LogP) is 1.53. The SMILES string of the molecule is O=C(O)CC1CN(C(=O)Nc2ccc(F)cc2)CCO1. The summed E-state index contributed by atoms with van der Waals surface area (Å²) in [7, 11) is 0. The van der Waals surface area contributed by atoms with E-state index in [1.165, 1.54) is 29.2 Å². The van der Waals surface area contributed by atoms with E-state index in [-0.39, 0.29) is 24.8 Å². The number of carboxylic acid groups (broad SMARTS) is 1. The summed E-state index contributed by atoms with van der Waals surface area (Å²) in [5.41, 5.74) is 0.484. The van der Waals surface area contributed by atoms with Gasteiger partial charge in [-0.2, -0.15) is 0 Å². The second kappa shape index (κ2) is 6.33. The van der Waals surface area contributed by atoms with Gasteiger partial charge in [-0.15, -0.1) is 0 Å². The molecule has 1 saturated heterocycles. The lowest BCUT2D eigenvalue weighted by molar-refractivity contribution is -0.141. The Balaban J connectivity index is 1.91. The van der Waals surface area contributed by atoms with Crippen LogP contribution in [0.2, 0.25) is 0 Å². The number of nitrogens with one attached hydrogen (secondary N) is 1. The number of carbonyl (C=O) groups is 2. The van der Waals surface area contributed by atoms with Crippen LogP contribution in [0.5, 0.6) is 0 Å². The van der Waals surface area contributed by atoms with E-state index >= 15 is 0 Å². The third kappa shape index (κ3) is 3.92. The van der Waals surface area contributed by atoms with Gasteiger partial charge in [-0.05, 0) is 24.3 Å². The van der Waals surface area contributed by atoms with Crippen molar-refractivity contribution < 1.29 is 23.8 Å². The highest BCUT2D eigenvalue weighted by Gasteiger charge is 2.25. The highest BCUT2D eigenvalue weighted by atomic mass is 19.1.